The van der Waals surface area contributed by atoms with Crippen LogP contribution in [-0.2, 0) is 60.4 Å². The second kappa shape index (κ2) is 21.7. The topological polar surface area (TPSA) is 210 Å². The Morgan fingerprint density at radius 3 is 1.60 bits per heavy atom. The Balaban J connectivity index is 0.000000359. The van der Waals surface area contributed by atoms with E-state index in [0.29, 0.717) is 25.9 Å². The Morgan fingerprint density at radius 1 is 0.745 bits per heavy atom. The SMILES string of the molecule is [B][C@@H]1O[C@H](COC)C(OP(C)(=O)[O-])[C@@H]1OCCCO.[B][C@H]1CC(OP(C)(=O)[O-])[C@@H](COC)O1.[B][C@H]1CC(OP([BH3-])(C)=O)[C@@H](COC)O1. The standard InChI is InChI=1S/C10H20BO7P.C7H16B2O4P.C7H14BO5P/c1-15-6-7-8(18-19(2,13)14)9(10(11)17-7)16-5-3-4-12;2*1-11-4-6-5(3-7(8)12-6)13-14(2,9)10/h7-10,12H,3-6H2,1-2H3,(H,13,14);5-7H,3-4H2,1-2,9H3;5-7H,3-4H2,1-2H3,(H,9,10)/q;-1;/p-2/t7-,8?,9+,10-;5?,6-,7-,14?;5?,6-,7-/m111/s1. The lowest BCUT2D eigenvalue weighted by atomic mass is 9.93. The van der Waals surface area contributed by atoms with Crippen LogP contribution in [0, 0.1) is 0 Å². The summed E-state index contributed by atoms with van der Waals surface area (Å²) in [5, 5.41) is 8.71. The third-order valence-electron chi connectivity index (χ3n) is 6.33. The van der Waals surface area contributed by atoms with Crippen molar-refractivity contribution in [2.24, 2.45) is 0 Å². The van der Waals surface area contributed by atoms with Crippen LogP contribution in [0.5, 0.6) is 0 Å². The first-order valence-electron chi connectivity index (χ1n) is 14.4. The van der Waals surface area contributed by atoms with Crippen LogP contribution >= 0.6 is 22.4 Å². The molecule has 16 nitrogen and oxygen atoms in total. The molecule has 0 aliphatic carbocycles. The molecule has 3 saturated heterocycles. The van der Waals surface area contributed by atoms with Gasteiger partial charge in [-0.15, -0.1) is 0 Å². The third kappa shape index (κ3) is 19.0. The molecule has 0 aromatic carbocycles. The molecule has 6 unspecified atom stereocenters. The van der Waals surface area contributed by atoms with Gasteiger partial charge in [0.1, 0.15) is 69.3 Å². The fourth-order valence-electron chi connectivity index (χ4n) is 4.65. The second-order valence-electron chi connectivity index (χ2n) is 10.7. The highest BCUT2D eigenvalue weighted by atomic mass is 31.2. The summed E-state index contributed by atoms with van der Waals surface area (Å²) >= 11 is 0. The van der Waals surface area contributed by atoms with Crippen LogP contribution in [0.2, 0.25) is 0 Å². The maximum absolute atomic E-state index is 11.6. The maximum atomic E-state index is 11.6. The zero-order chi connectivity index (χ0) is 36.0. The number of rotatable bonds is 16. The first kappa shape index (κ1) is 45.5. The first-order chi connectivity index (χ1) is 21.7. The van der Waals surface area contributed by atoms with Crippen molar-refractivity contribution in [1.82, 2.24) is 0 Å². The minimum atomic E-state index is -3.95. The Labute approximate surface area is 283 Å². The molecule has 3 heterocycles. The van der Waals surface area contributed by atoms with E-state index in [1.165, 1.54) is 14.2 Å². The van der Waals surface area contributed by atoms with Gasteiger partial charge in [-0.3, -0.25) is 0 Å². The van der Waals surface area contributed by atoms with Gasteiger partial charge in [0.25, 0.3) is 0 Å². The highest BCUT2D eigenvalue weighted by Gasteiger charge is 2.44. The Bertz CT molecular complexity index is 971. The highest BCUT2D eigenvalue weighted by molar-refractivity contribution is 7.82. The Kier molecular flexibility index (Phi) is 21.0. The van der Waals surface area contributed by atoms with Gasteiger partial charge in [-0.25, -0.2) is 0 Å². The monoisotopic (exact) mass is 729 g/mol. The van der Waals surface area contributed by atoms with Crippen molar-refractivity contribution in [1.29, 1.82) is 0 Å². The van der Waals surface area contributed by atoms with Gasteiger partial charge in [-0.2, -0.15) is 0 Å². The van der Waals surface area contributed by atoms with Gasteiger partial charge in [0.05, 0.1) is 39.6 Å². The number of hydrogen-bond donors (Lipinski definition) is 1. The molecule has 3 aliphatic rings. The quantitative estimate of drug-likeness (QED) is 0.102. The summed E-state index contributed by atoms with van der Waals surface area (Å²) in [5.74, 6) is 0. The summed E-state index contributed by atoms with van der Waals surface area (Å²) in [6, 6.07) is -1.59. The van der Waals surface area contributed by atoms with Gasteiger partial charge in [0.15, 0.2) is 0 Å². The van der Waals surface area contributed by atoms with Crippen LogP contribution in [0.4, 0.5) is 0 Å². The third-order valence-corrected chi connectivity index (χ3v) is 8.18. The largest absolute Gasteiger partial charge is 0.779 e. The van der Waals surface area contributed by atoms with Crippen LogP contribution < -0.4 is 9.79 Å². The summed E-state index contributed by atoms with van der Waals surface area (Å²) in [6.45, 7) is 4.79. The van der Waals surface area contributed by atoms with Crippen LogP contribution in [-0.4, -0.2) is 171 Å². The lowest BCUT2D eigenvalue weighted by Crippen LogP contribution is -2.39. The summed E-state index contributed by atoms with van der Waals surface area (Å²) < 4.78 is 85.4. The van der Waals surface area contributed by atoms with Crippen molar-refractivity contribution in [3.63, 3.8) is 0 Å². The zero-order valence-corrected chi connectivity index (χ0v) is 29.8. The lowest BCUT2D eigenvalue weighted by molar-refractivity contribution is -0.206. The van der Waals surface area contributed by atoms with E-state index in [-0.39, 0.29) is 52.2 Å². The first-order valence-corrected chi connectivity index (χ1v) is 20.0. The van der Waals surface area contributed by atoms with Gasteiger partial charge >= 0.3 is 0 Å². The normalized spacial score (nSPS) is 35.9. The predicted octanol–water partition coefficient (Wildman–Crippen LogP) is -2.16. The number of aliphatic hydroxyl groups is 1. The van der Waals surface area contributed by atoms with Crippen molar-refractivity contribution in [2.45, 2.75) is 80.0 Å². The molecule has 0 aromatic rings. The molecule has 0 amide bonds. The number of methoxy groups -OCH3 is 3. The van der Waals surface area contributed by atoms with E-state index in [4.69, 9.17) is 75.4 Å². The minimum absolute atomic E-state index is 0.0241. The fraction of sp³-hybridized carbons (Fsp3) is 1.00. The van der Waals surface area contributed by atoms with Crippen LogP contribution in [0.3, 0.4) is 0 Å². The minimum Gasteiger partial charge on any atom is -0.779 e. The van der Waals surface area contributed by atoms with E-state index in [2.05, 4.69) is 0 Å². The molecule has 1 N–H and O–H groups in total. The van der Waals surface area contributed by atoms with Gasteiger partial charge < -0.3 is 75.3 Å². The molecule has 3 aliphatic heterocycles. The zero-order valence-electron chi connectivity index (χ0n) is 27.1. The van der Waals surface area contributed by atoms with Crippen molar-refractivity contribution in [3.8, 4) is 0 Å². The smallest absolute Gasteiger partial charge is 0.132 e. The molecule has 13 atom stereocenters. The molecule has 0 saturated carbocycles. The number of ether oxygens (including phenoxy) is 7. The average Bonchev–Trinajstić information content (AvgIpc) is 3.52. The maximum Gasteiger partial charge on any atom is 0.132 e. The van der Waals surface area contributed by atoms with E-state index in [0.717, 1.165) is 13.3 Å². The van der Waals surface area contributed by atoms with Crippen molar-refractivity contribution in [3.05, 3.63) is 0 Å². The van der Waals surface area contributed by atoms with Gasteiger partial charge in [-0.1, -0.05) is 0 Å². The summed E-state index contributed by atoms with van der Waals surface area (Å²) in [6.07, 6.45) is -2.02. The van der Waals surface area contributed by atoms with Crippen LogP contribution in [0.25, 0.3) is 0 Å². The molecule has 3 fully saturated rings. The average molecular weight is 729 g/mol. The molecular weight excluding hydrogens is 680 g/mol. The summed E-state index contributed by atoms with van der Waals surface area (Å²) in [5.41, 5.74) is 0. The Morgan fingerprint density at radius 2 is 1.19 bits per heavy atom. The Hall–Kier alpha value is 0.430. The van der Waals surface area contributed by atoms with E-state index in [1.54, 1.807) is 13.8 Å². The van der Waals surface area contributed by atoms with Crippen molar-refractivity contribution >= 4 is 53.5 Å². The molecule has 270 valence electrons. The summed E-state index contributed by atoms with van der Waals surface area (Å²) in [4.78, 5) is 22.2. The predicted molar refractivity (Wildman–Crippen MR) is 175 cm³/mol. The van der Waals surface area contributed by atoms with E-state index in [9.17, 15) is 23.5 Å². The van der Waals surface area contributed by atoms with E-state index < -0.39 is 65.0 Å². The highest BCUT2D eigenvalue weighted by Crippen LogP contribution is 2.42. The molecular formula is C24H48B4O16P3-3. The molecule has 0 spiro atoms. The molecule has 6 radical (unpaired) electrons. The van der Waals surface area contributed by atoms with E-state index >= 15 is 0 Å². The van der Waals surface area contributed by atoms with E-state index in [1.807, 2.05) is 0 Å². The lowest BCUT2D eigenvalue weighted by Gasteiger charge is -2.29. The molecule has 3 rings (SSSR count). The van der Waals surface area contributed by atoms with Gasteiger partial charge in [0, 0.05) is 73.1 Å². The number of aliphatic hydroxyl groups excluding tert-OH is 1. The molecule has 47 heavy (non-hydrogen) atoms. The van der Waals surface area contributed by atoms with Crippen LogP contribution in [0.15, 0.2) is 0 Å². The molecule has 0 bridgehead atoms. The van der Waals surface area contributed by atoms with Gasteiger partial charge in [-0.05, 0) is 25.9 Å². The second-order valence-corrected chi connectivity index (χ2v) is 15.3. The summed E-state index contributed by atoms with van der Waals surface area (Å²) in [7, 11) is 11.3. The molecule has 23 heteroatoms. The van der Waals surface area contributed by atoms with Crippen molar-refractivity contribution < 1.29 is 75.3 Å². The molecule has 0 aromatic heterocycles. The van der Waals surface area contributed by atoms with Gasteiger partial charge in [0.2, 0.25) is 0 Å². The number of hydrogen-bond acceptors (Lipinski definition) is 16. The van der Waals surface area contributed by atoms with Crippen LogP contribution in [0.1, 0.15) is 19.3 Å². The van der Waals surface area contributed by atoms with Crippen molar-refractivity contribution in [2.75, 3.05) is 74.4 Å². The fourth-order valence-corrected chi connectivity index (χ4v) is 6.67.